The molecule has 0 saturated carbocycles. The molecule has 1 atom stereocenters. The minimum atomic E-state index is -0.356. The van der Waals surface area contributed by atoms with Gasteiger partial charge in [0.05, 0.1) is 11.4 Å². The van der Waals surface area contributed by atoms with E-state index >= 15 is 0 Å². The van der Waals surface area contributed by atoms with Gasteiger partial charge in [0.15, 0.2) is 0 Å². The predicted octanol–water partition coefficient (Wildman–Crippen LogP) is 1.87. The van der Waals surface area contributed by atoms with Gasteiger partial charge in [0, 0.05) is 62.2 Å². The minimum absolute atomic E-state index is 0.0825. The Morgan fingerprint density at radius 3 is 2.79 bits per heavy atom. The topological polar surface area (TPSA) is 104 Å². The van der Waals surface area contributed by atoms with Crippen LogP contribution in [0.3, 0.4) is 0 Å². The largest absolute Gasteiger partial charge is 0.355 e. The molecule has 3 heterocycles. The first-order valence-electron chi connectivity index (χ1n) is 9.24. The van der Waals surface area contributed by atoms with E-state index in [9.17, 15) is 14.0 Å². The molecule has 2 N–H and O–H groups in total. The molecule has 1 aromatic carbocycles. The fourth-order valence-electron chi connectivity index (χ4n) is 3.31. The third-order valence-corrected chi connectivity index (χ3v) is 4.73. The second-order valence-corrected chi connectivity index (χ2v) is 6.77. The molecule has 148 valence electrons. The van der Waals surface area contributed by atoms with Gasteiger partial charge in [-0.2, -0.15) is 0 Å². The van der Waals surface area contributed by atoms with Crippen molar-refractivity contribution < 1.29 is 9.18 Å². The maximum absolute atomic E-state index is 13.1. The van der Waals surface area contributed by atoms with Crippen LogP contribution in [0, 0.1) is 5.82 Å². The van der Waals surface area contributed by atoms with Crippen LogP contribution in [0.25, 0.3) is 0 Å². The van der Waals surface area contributed by atoms with Crippen molar-refractivity contribution in [3.05, 3.63) is 76.5 Å². The number of anilines is 2. The first-order valence-corrected chi connectivity index (χ1v) is 9.24. The Hall–Kier alpha value is -3.62. The van der Waals surface area contributed by atoms with Crippen LogP contribution < -0.4 is 15.8 Å². The molecular formula is C20H19FN6O2. The normalized spacial score (nSPS) is 16.2. The van der Waals surface area contributed by atoms with Gasteiger partial charge in [-0.05, 0) is 24.3 Å². The summed E-state index contributed by atoms with van der Waals surface area (Å²) in [6, 6.07) is 7.20. The summed E-state index contributed by atoms with van der Waals surface area (Å²) in [5.74, 6) is -0.300. The Bertz CT molecular complexity index is 1050. The molecule has 0 spiro atoms. The van der Waals surface area contributed by atoms with E-state index in [1.807, 2.05) is 0 Å². The fourth-order valence-corrected chi connectivity index (χ4v) is 3.31. The smallest absolute Gasteiger partial charge is 0.252 e. The molecule has 0 unspecified atom stereocenters. The molecule has 1 fully saturated rings. The number of carbonyl (C=O) groups excluding carboxylic acids is 1. The molecule has 0 aliphatic carbocycles. The zero-order valence-electron chi connectivity index (χ0n) is 15.5. The van der Waals surface area contributed by atoms with Crippen LogP contribution >= 0.6 is 0 Å². The zero-order chi connectivity index (χ0) is 20.2. The van der Waals surface area contributed by atoms with Crippen molar-refractivity contribution in [3.63, 3.8) is 0 Å². The molecule has 4 rings (SSSR count). The molecule has 0 radical (unpaired) electrons. The SMILES string of the molecule is O=C1C[C@@H](c2cc(=O)[nH]c(NCCc3cnccn3)n2)CN1c1ccc(F)cc1. The average Bonchev–Trinajstić information content (AvgIpc) is 3.11. The number of H-pyrrole nitrogens is 1. The van der Waals surface area contributed by atoms with E-state index in [0.717, 1.165) is 5.69 Å². The van der Waals surface area contributed by atoms with Gasteiger partial charge >= 0.3 is 0 Å². The van der Waals surface area contributed by atoms with Crippen molar-refractivity contribution in [2.24, 2.45) is 0 Å². The van der Waals surface area contributed by atoms with E-state index in [1.54, 1.807) is 35.6 Å². The molecular weight excluding hydrogens is 375 g/mol. The lowest BCUT2D eigenvalue weighted by atomic mass is 10.0. The molecule has 8 nitrogen and oxygen atoms in total. The third-order valence-electron chi connectivity index (χ3n) is 4.73. The van der Waals surface area contributed by atoms with Crippen molar-refractivity contribution in [2.45, 2.75) is 18.8 Å². The van der Waals surface area contributed by atoms with Crippen molar-refractivity contribution in [1.82, 2.24) is 19.9 Å². The number of hydrogen-bond donors (Lipinski definition) is 2. The van der Waals surface area contributed by atoms with Gasteiger partial charge in [-0.1, -0.05) is 0 Å². The summed E-state index contributed by atoms with van der Waals surface area (Å²) in [5.41, 5.74) is 1.72. The highest BCUT2D eigenvalue weighted by molar-refractivity contribution is 5.96. The van der Waals surface area contributed by atoms with Gasteiger partial charge in [0.25, 0.3) is 5.56 Å². The van der Waals surface area contributed by atoms with E-state index < -0.39 is 0 Å². The van der Waals surface area contributed by atoms with Gasteiger partial charge in [-0.25, -0.2) is 9.37 Å². The molecule has 3 aromatic rings. The average molecular weight is 394 g/mol. The minimum Gasteiger partial charge on any atom is -0.355 e. The number of rotatable bonds is 6. The van der Waals surface area contributed by atoms with Crippen molar-refractivity contribution in [3.8, 4) is 0 Å². The summed E-state index contributed by atoms with van der Waals surface area (Å²) >= 11 is 0. The Balaban J connectivity index is 1.45. The van der Waals surface area contributed by atoms with Crippen LogP contribution in [0.15, 0.2) is 53.7 Å². The fraction of sp³-hybridized carbons (Fsp3) is 0.250. The van der Waals surface area contributed by atoms with Crippen LogP contribution in [-0.4, -0.2) is 38.9 Å². The summed E-state index contributed by atoms with van der Waals surface area (Å²) in [5, 5.41) is 3.08. The molecule has 2 aromatic heterocycles. The molecule has 1 saturated heterocycles. The van der Waals surface area contributed by atoms with Gasteiger partial charge in [-0.15, -0.1) is 0 Å². The van der Waals surface area contributed by atoms with Crippen molar-refractivity contribution in [1.29, 1.82) is 0 Å². The van der Waals surface area contributed by atoms with Crippen LogP contribution in [0.2, 0.25) is 0 Å². The van der Waals surface area contributed by atoms with E-state index in [0.29, 0.717) is 36.8 Å². The lowest BCUT2D eigenvalue weighted by Crippen LogP contribution is -2.24. The lowest BCUT2D eigenvalue weighted by molar-refractivity contribution is -0.117. The van der Waals surface area contributed by atoms with Gasteiger partial charge < -0.3 is 10.2 Å². The molecule has 1 aliphatic rings. The van der Waals surface area contributed by atoms with E-state index in [1.165, 1.54) is 18.2 Å². The Morgan fingerprint density at radius 2 is 2.03 bits per heavy atom. The van der Waals surface area contributed by atoms with Crippen LogP contribution in [0.5, 0.6) is 0 Å². The Labute approximate surface area is 165 Å². The second-order valence-electron chi connectivity index (χ2n) is 6.77. The zero-order valence-corrected chi connectivity index (χ0v) is 15.5. The first-order chi connectivity index (χ1) is 14.1. The number of aromatic nitrogens is 4. The molecule has 1 aliphatic heterocycles. The molecule has 29 heavy (non-hydrogen) atoms. The summed E-state index contributed by atoms with van der Waals surface area (Å²) in [4.78, 5) is 41.5. The number of benzene rings is 1. The quantitative estimate of drug-likeness (QED) is 0.662. The van der Waals surface area contributed by atoms with E-state index in [4.69, 9.17) is 0 Å². The number of halogens is 1. The Kier molecular flexibility index (Phi) is 5.28. The van der Waals surface area contributed by atoms with Crippen molar-refractivity contribution >= 4 is 17.5 Å². The highest BCUT2D eigenvalue weighted by Crippen LogP contribution is 2.30. The number of nitrogens with zero attached hydrogens (tertiary/aromatic N) is 4. The first kappa shape index (κ1) is 18.7. The number of amides is 1. The van der Waals surface area contributed by atoms with Gasteiger partial charge in [0.1, 0.15) is 5.82 Å². The second kappa shape index (κ2) is 8.17. The number of carbonyl (C=O) groups is 1. The lowest BCUT2D eigenvalue weighted by Gasteiger charge is -2.16. The monoisotopic (exact) mass is 394 g/mol. The Morgan fingerprint density at radius 1 is 1.21 bits per heavy atom. The highest BCUT2D eigenvalue weighted by Gasteiger charge is 2.32. The standard InChI is InChI=1S/C20H19FN6O2/c21-14-1-3-16(4-2-14)27-12-13(9-19(27)29)17-10-18(28)26-20(25-17)24-6-5-15-11-22-7-8-23-15/h1-4,7-8,10-11,13H,5-6,9,12H2,(H2,24,25,26,28)/t13-/m1/s1. The maximum atomic E-state index is 13.1. The third kappa shape index (κ3) is 4.45. The molecule has 1 amide bonds. The number of nitrogens with one attached hydrogen (secondary N) is 2. The summed E-state index contributed by atoms with van der Waals surface area (Å²) in [6.07, 6.45) is 5.79. The maximum Gasteiger partial charge on any atom is 0.252 e. The van der Waals surface area contributed by atoms with E-state index in [-0.39, 0.29) is 29.6 Å². The summed E-state index contributed by atoms with van der Waals surface area (Å²) in [7, 11) is 0. The molecule has 9 heteroatoms. The van der Waals surface area contributed by atoms with Crippen LogP contribution in [0.4, 0.5) is 16.0 Å². The predicted molar refractivity (Wildman–Crippen MR) is 105 cm³/mol. The van der Waals surface area contributed by atoms with Gasteiger partial charge in [-0.3, -0.25) is 24.5 Å². The summed E-state index contributed by atoms with van der Waals surface area (Å²) in [6.45, 7) is 0.913. The van der Waals surface area contributed by atoms with E-state index in [2.05, 4.69) is 25.3 Å². The van der Waals surface area contributed by atoms with Gasteiger partial charge in [0.2, 0.25) is 11.9 Å². The number of hydrogen-bond acceptors (Lipinski definition) is 6. The highest BCUT2D eigenvalue weighted by atomic mass is 19.1. The van der Waals surface area contributed by atoms with Crippen LogP contribution in [0.1, 0.15) is 23.7 Å². The summed E-state index contributed by atoms with van der Waals surface area (Å²) < 4.78 is 13.1. The molecule has 0 bridgehead atoms. The van der Waals surface area contributed by atoms with Crippen LogP contribution in [-0.2, 0) is 11.2 Å². The number of aromatic amines is 1. The van der Waals surface area contributed by atoms with Crippen molar-refractivity contribution in [2.75, 3.05) is 23.3 Å².